The lowest BCUT2D eigenvalue weighted by Crippen LogP contribution is -2.15. The number of nitrogens with zero attached hydrogens (tertiary/aromatic N) is 1. The maximum atomic E-state index is 12.5. The highest BCUT2D eigenvalue weighted by Gasteiger charge is 2.17. The molecule has 0 bridgehead atoms. The van der Waals surface area contributed by atoms with E-state index in [0.29, 0.717) is 39.5 Å². The summed E-state index contributed by atoms with van der Waals surface area (Å²) in [4.78, 5) is 19.8. The third-order valence-electron chi connectivity index (χ3n) is 5.45. The van der Waals surface area contributed by atoms with E-state index in [1.807, 2.05) is 48.5 Å². The number of nitrogens with one attached hydrogen (secondary N) is 3. The van der Waals surface area contributed by atoms with Crippen LogP contribution < -0.4 is 16.6 Å². The van der Waals surface area contributed by atoms with Gasteiger partial charge >= 0.3 is 0 Å². The van der Waals surface area contributed by atoms with Gasteiger partial charge in [0, 0.05) is 28.7 Å². The average Bonchev–Trinajstić information content (AvgIpc) is 2.83. The predicted octanol–water partition coefficient (Wildman–Crippen LogP) is 4.22. The van der Waals surface area contributed by atoms with Crippen molar-refractivity contribution in [3.05, 3.63) is 101 Å². The minimum Gasteiger partial charge on any atom is -0.398 e. The Morgan fingerprint density at radius 2 is 1.91 bits per heavy atom. The summed E-state index contributed by atoms with van der Waals surface area (Å²) in [7, 11) is 0. The molecule has 33 heavy (non-hydrogen) atoms. The summed E-state index contributed by atoms with van der Waals surface area (Å²) in [5.74, 6) is 0. The van der Waals surface area contributed by atoms with Crippen molar-refractivity contribution in [2.45, 2.75) is 13.0 Å². The molecule has 0 saturated carbocycles. The zero-order valence-electron chi connectivity index (χ0n) is 18.2. The van der Waals surface area contributed by atoms with Gasteiger partial charge in [0.1, 0.15) is 0 Å². The van der Waals surface area contributed by atoms with Gasteiger partial charge in [-0.3, -0.25) is 9.78 Å². The van der Waals surface area contributed by atoms with Crippen molar-refractivity contribution in [1.29, 1.82) is 5.41 Å². The van der Waals surface area contributed by atoms with E-state index >= 15 is 0 Å². The number of nitrogens with two attached hydrogens (primary N) is 1. The Bertz CT molecular complexity index is 1350. The van der Waals surface area contributed by atoms with Gasteiger partial charge in [0.2, 0.25) is 0 Å². The SMILES string of the molecule is CC(=N)c1cc(-c2cc(NC(CO)c3ccccc3)cnc2-c2ccc[nH]c2=O)ccc1N. The summed E-state index contributed by atoms with van der Waals surface area (Å²) in [5.41, 5.74) is 11.4. The highest BCUT2D eigenvalue weighted by Crippen LogP contribution is 2.33. The fourth-order valence-electron chi connectivity index (χ4n) is 3.76. The van der Waals surface area contributed by atoms with Gasteiger partial charge in [-0.05, 0) is 48.4 Å². The quantitative estimate of drug-likeness (QED) is 0.218. The Morgan fingerprint density at radius 3 is 2.61 bits per heavy atom. The van der Waals surface area contributed by atoms with E-state index in [0.717, 1.165) is 11.1 Å². The number of rotatable bonds is 7. The molecule has 0 aliphatic heterocycles. The molecule has 0 amide bonds. The van der Waals surface area contributed by atoms with Crippen LogP contribution in [0.4, 0.5) is 11.4 Å². The van der Waals surface area contributed by atoms with Crippen LogP contribution in [0.2, 0.25) is 0 Å². The third-order valence-corrected chi connectivity index (χ3v) is 5.45. The number of nitrogen functional groups attached to an aromatic ring is 1. The fraction of sp³-hybridized carbons (Fsp3) is 0.115. The van der Waals surface area contributed by atoms with Crippen LogP contribution in [0.15, 0.2) is 83.9 Å². The molecule has 2 heterocycles. The van der Waals surface area contributed by atoms with Gasteiger partial charge in [0.25, 0.3) is 5.56 Å². The Hall–Kier alpha value is -4.23. The molecule has 7 nitrogen and oxygen atoms in total. The Morgan fingerprint density at radius 1 is 1.12 bits per heavy atom. The van der Waals surface area contributed by atoms with Crippen molar-refractivity contribution in [2.24, 2.45) is 0 Å². The first kappa shape index (κ1) is 22.0. The number of anilines is 2. The normalized spacial score (nSPS) is 11.7. The molecule has 4 rings (SSSR count). The van der Waals surface area contributed by atoms with Crippen molar-refractivity contribution in [3.8, 4) is 22.4 Å². The number of H-pyrrole nitrogens is 1. The first-order valence-corrected chi connectivity index (χ1v) is 10.5. The highest BCUT2D eigenvalue weighted by atomic mass is 16.3. The molecule has 1 unspecified atom stereocenters. The maximum absolute atomic E-state index is 12.5. The first-order valence-electron chi connectivity index (χ1n) is 10.5. The Labute approximate surface area is 191 Å². The number of aromatic amines is 1. The zero-order chi connectivity index (χ0) is 23.4. The van der Waals surface area contributed by atoms with E-state index in [1.165, 1.54) is 0 Å². The second kappa shape index (κ2) is 9.50. The molecule has 1 atom stereocenters. The molecule has 2 aromatic carbocycles. The Balaban J connectivity index is 1.85. The summed E-state index contributed by atoms with van der Waals surface area (Å²) in [6.45, 7) is 1.58. The molecule has 0 fully saturated rings. The molecular formula is C26H25N5O2. The van der Waals surface area contributed by atoms with Crippen LogP contribution in [0, 0.1) is 5.41 Å². The minimum atomic E-state index is -0.322. The Kier molecular flexibility index (Phi) is 6.33. The monoisotopic (exact) mass is 439 g/mol. The summed E-state index contributed by atoms with van der Waals surface area (Å²) in [5, 5.41) is 21.3. The molecule has 6 N–H and O–H groups in total. The number of hydrogen-bond donors (Lipinski definition) is 5. The smallest absolute Gasteiger partial charge is 0.257 e. The number of aliphatic hydroxyl groups is 1. The van der Waals surface area contributed by atoms with Crippen molar-refractivity contribution in [2.75, 3.05) is 17.7 Å². The molecule has 0 saturated heterocycles. The molecule has 0 aliphatic carbocycles. The maximum Gasteiger partial charge on any atom is 0.257 e. The second-order valence-electron chi connectivity index (χ2n) is 7.75. The third kappa shape index (κ3) is 4.68. The molecule has 2 aromatic heterocycles. The molecular weight excluding hydrogens is 414 g/mol. The van der Waals surface area contributed by atoms with E-state index in [1.54, 1.807) is 37.5 Å². The molecule has 0 radical (unpaired) electrons. The van der Waals surface area contributed by atoms with E-state index in [2.05, 4.69) is 15.3 Å². The lowest BCUT2D eigenvalue weighted by atomic mass is 9.96. The number of aromatic nitrogens is 2. The number of aliphatic hydroxyl groups excluding tert-OH is 1. The minimum absolute atomic E-state index is 0.0987. The average molecular weight is 440 g/mol. The fourth-order valence-corrected chi connectivity index (χ4v) is 3.76. The standard InChI is InChI=1S/C26H25N5O2/c1-16(27)21-12-18(9-10-23(21)28)22-13-19(31-24(15-32)17-6-3-2-4-7-17)14-30-25(22)20-8-5-11-29-26(20)33/h2-14,24,27,31-32H,15,28H2,1H3,(H,29,33). The van der Waals surface area contributed by atoms with Gasteiger partial charge in [-0.2, -0.15) is 0 Å². The lowest BCUT2D eigenvalue weighted by Gasteiger charge is -2.19. The lowest BCUT2D eigenvalue weighted by molar-refractivity contribution is 0.276. The van der Waals surface area contributed by atoms with Gasteiger partial charge in [-0.25, -0.2) is 0 Å². The van der Waals surface area contributed by atoms with Crippen LogP contribution in [0.5, 0.6) is 0 Å². The van der Waals surface area contributed by atoms with E-state index in [-0.39, 0.29) is 18.2 Å². The van der Waals surface area contributed by atoms with E-state index in [4.69, 9.17) is 11.1 Å². The zero-order valence-corrected chi connectivity index (χ0v) is 18.2. The van der Waals surface area contributed by atoms with Gasteiger partial charge < -0.3 is 26.6 Å². The summed E-state index contributed by atoms with van der Waals surface area (Å²) < 4.78 is 0. The predicted molar refractivity (Wildman–Crippen MR) is 133 cm³/mol. The molecule has 166 valence electrons. The van der Waals surface area contributed by atoms with Crippen LogP contribution in [-0.4, -0.2) is 27.4 Å². The van der Waals surface area contributed by atoms with Crippen LogP contribution in [0.3, 0.4) is 0 Å². The first-order chi connectivity index (χ1) is 16.0. The summed E-state index contributed by atoms with van der Waals surface area (Å²) in [6.07, 6.45) is 3.23. The van der Waals surface area contributed by atoms with Crippen LogP contribution in [-0.2, 0) is 0 Å². The second-order valence-corrected chi connectivity index (χ2v) is 7.75. The van der Waals surface area contributed by atoms with Crippen molar-refractivity contribution >= 4 is 17.1 Å². The molecule has 4 aromatic rings. The molecule has 0 spiro atoms. The van der Waals surface area contributed by atoms with Crippen LogP contribution in [0.1, 0.15) is 24.1 Å². The van der Waals surface area contributed by atoms with Gasteiger partial charge in [0.15, 0.2) is 0 Å². The largest absolute Gasteiger partial charge is 0.398 e. The van der Waals surface area contributed by atoms with Crippen molar-refractivity contribution in [1.82, 2.24) is 9.97 Å². The van der Waals surface area contributed by atoms with Gasteiger partial charge in [0.05, 0.1) is 35.8 Å². The van der Waals surface area contributed by atoms with Crippen molar-refractivity contribution in [3.63, 3.8) is 0 Å². The van der Waals surface area contributed by atoms with E-state index in [9.17, 15) is 9.90 Å². The van der Waals surface area contributed by atoms with Gasteiger partial charge in [-0.1, -0.05) is 36.4 Å². The van der Waals surface area contributed by atoms with Crippen molar-refractivity contribution < 1.29 is 5.11 Å². The van der Waals surface area contributed by atoms with Gasteiger partial charge in [-0.15, -0.1) is 0 Å². The molecule has 7 heteroatoms. The highest BCUT2D eigenvalue weighted by molar-refractivity contribution is 6.02. The summed E-state index contributed by atoms with van der Waals surface area (Å²) >= 11 is 0. The number of benzene rings is 2. The summed E-state index contributed by atoms with van der Waals surface area (Å²) in [6, 6.07) is 20.1. The van der Waals surface area contributed by atoms with Crippen LogP contribution in [0.25, 0.3) is 22.4 Å². The number of pyridine rings is 2. The topological polar surface area (TPSA) is 128 Å². The molecule has 0 aliphatic rings. The number of hydrogen-bond acceptors (Lipinski definition) is 6. The van der Waals surface area contributed by atoms with Crippen LogP contribution >= 0.6 is 0 Å². The van der Waals surface area contributed by atoms with E-state index < -0.39 is 0 Å².